The van der Waals surface area contributed by atoms with Crippen molar-refractivity contribution in [2.45, 2.75) is 20.9 Å². The van der Waals surface area contributed by atoms with E-state index in [1.54, 1.807) is 60.7 Å². The van der Waals surface area contributed by atoms with Crippen molar-refractivity contribution in [2.24, 2.45) is 0 Å². The van der Waals surface area contributed by atoms with E-state index in [1.165, 1.54) is 12.2 Å². The lowest BCUT2D eigenvalue weighted by atomic mass is 9.89. The van der Waals surface area contributed by atoms with Gasteiger partial charge in [-0.15, -0.1) is 0 Å². The van der Waals surface area contributed by atoms with Gasteiger partial charge in [-0.25, -0.2) is 0 Å². The van der Waals surface area contributed by atoms with E-state index in [0.29, 0.717) is 33.4 Å². The number of nitrogens with zero attached hydrogens (tertiary/aromatic N) is 2. The molecule has 2 aliphatic rings. The molecule has 0 N–H and O–H groups in total. The first kappa shape index (κ1) is 26.2. The summed E-state index contributed by atoms with van der Waals surface area (Å²) in [5.74, 6) is 0. The molecular weight excluding hydrogens is 569 g/mol. The minimum Gasteiger partial charge on any atom is -0.354 e. The maximum atomic E-state index is 9.67. The molecule has 0 amide bonds. The van der Waals surface area contributed by atoms with Gasteiger partial charge < -0.3 is 4.74 Å². The number of halogens is 6. The van der Waals surface area contributed by atoms with Gasteiger partial charge in [-0.3, -0.25) is 0 Å². The zero-order chi connectivity index (χ0) is 25.4. The molecule has 2 aliphatic carbocycles. The topological polar surface area (TPSA) is 56.8 Å². The van der Waals surface area contributed by atoms with Gasteiger partial charge in [0, 0.05) is 0 Å². The number of alkyl halides is 4. The summed E-state index contributed by atoms with van der Waals surface area (Å²) < 4.78 is 3.64. The second-order valence-electron chi connectivity index (χ2n) is 7.82. The first-order valence-corrected chi connectivity index (χ1v) is 12.4. The summed E-state index contributed by atoms with van der Waals surface area (Å²) in [7, 11) is 0. The van der Waals surface area contributed by atoms with Crippen molar-refractivity contribution in [1.82, 2.24) is 0 Å². The molecule has 2 aromatic rings. The Hall–Kier alpha value is -1.92. The van der Waals surface area contributed by atoms with E-state index in [9.17, 15) is 10.5 Å². The van der Waals surface area contributed by atoms with Crippen molar-refractivity contribution >= 4 is 80.8 Å². The van der Waals surface area contributed by atoms with Crippen LogP contribution in [0, 0.1) is 22.7 Å². The van der Waals surface area contributed by atoms with E-state index < -0.39 is 20.9 Å². The van der Waals surface area contributed by atoms with Crippen LogP contribution in [-0.2, 0) is 4.74 Å². The molecule has 0 spiro atoms. The molecule has 0 fully saturated rings. The highest BCUT2D eigenvalue weighted by Gasteiger charge is 2.39. The first-order chi connectivity index (χ1) is 16.5. The van der Waals surface area contributed by atoms with Gasteiger partial charge >= 0.3 is 0 Å². The second-order valence-corrected chi connectivity index (χ2v) is 11.6. The number of ether oxygens (including phenoxy) is 1. The van der Waals surface area contributed by atoms with Crippen LogP contribution in [0.15, 0.2) is 82.9 Å². The minimum absolute atomic E-state index is 0.200. The van der Waals surface area contributed by atoms with E-state index in [4.69, 9.17) is 74.3 Å². The monoisotopic (exact) mass is 580 g/mol. The Bertz CT molecular complexity index is 1290. The number of benzene rings is 2. The van der Waals surface area contributed by atoms with Gasteiger partial charge in [0.15, 0.2) is 8.67 Å². The van der Waals surface area contributed by atoms with Crippen LogP contribution in [0.5, 0.6) is 0 Å². The predicted octanol–water partition coefficient (Wildman–Crippen LogP) is 8.27. The first-order valence-electron chi connectivity index (χ1n) is 10.2. The van der Waals surface area contributed by atoms with E-state index >= 15 is 0 Å². The molecule has 0 heterocycles. The third kappa shape index (κ3) is 5.59. The van der Waals surface area contributed by atoms with Gasteiger partial charge in [0.2, 0.25) is 0 Å². The SMILES string of the molecule is N#Cc1ccccc1C1=CC(Cl)(Cl)C=C(Cl)C1OC1C(Cl)=CC(Cl)(Cl)C=C1c1ccccc1C#N. The molecule has 2 atom stereocenters. The fraction of sp³-hybridized carbons (Fsp3) is 0.154. The van der Waals surface area contributed by atoms with E-state index in [0.717, 1.165) is 0 Å². The molecule has 0 saturated heterocycles. The molecule has 0 aromatic heterocycles. The van der Waals surface area contributed by atoms with Crippen LogP contribution in [0.3, 0.4) is 0 Å². The van der Waals surface area contributed by atoms with Crippen molar-refractivity contribution in [3.05, 3.63) is 105 Å². The summed E-state index contributed by atoms with van der Waals surface area (Å²) in [5.41, 5.74) is 2.87. The lowest BCUT2D eigenvalue weighted by Crippen LogP contribution is -2.32. The quantitative estimate of drug-likeness (QED) is 0.341. The third-order valence-electron chi connectivity index (χ3n) is 5.41. The number of nitriles is 2. The highest BCUT2D eigenvalue weighted by molar-refractivity contribution is 6.53. The predicted molar refractivity (Wildman–Crippen MR) is 144 cm³/mol. The lowest BCUT2D eigenvalue weighted by molar-refractivity contribution is 0.101. The highest BCUT2D eigenvalue weighted by atomic mass is 35.5. The van der Waals surface area contributed by atoms with Crippen LogP contribution < -0.4 is 0 Å². The molecule has 176 valence electrons. The zero-order valence-corrected chi connectivity index (χ0v) is 22.2. The van der Waals surface area contributed by atoms with Crippen molar-refractivity contribution in [1.29, 1.82) is 10.5 Å². The van der Waals surface area contributed by atoms with E-state index in [1.807, 2.05) is 0 Å². The molecule has 0 saturated carbocycles. The largest absolute Gasteiger partial charge is 0.354 e. The van der Waals surface area contributed by atoms with Crippen LogP contribution in [0.4, 0.5) is 0 Å². The van der Waals surface area contributed by atoms with Crippen LogP contribution in [0.2, 0.25) is 0 Å². The minimum atomic E-state index is -1.42. The van der Waals surface area contributed by atoms with Gasteiger partial charge in [0.05, 0.1) is 33.3 Å². The highest BCUT2D eigenvalue weighted by Crippen LogP contribution is 2.46. The zero-order valence-electron chi connectivity index (χ0n) is 17.7. The Labute approximate surface area is 233 Å². The standard InChI is InChI=1S/C26H14Cl6N2O/c27-21-11-25(29,30)9-19(17-7-3-1-5-15(17)13-33)23(21)35-24-20(10-26(31,32)12-22(24)28)18-8-4-2-6-16(18)14-34/h1-12,23-24H. The Balaban J connectivity index is 1.84. The molecular formula is C26H14Cl6N2O. The lowest BCUT2D eigenvalue weighted by Gasteiger charge is -2.35. The Morgan fingerprint density at radius 1 is 0.629 bits per heavy atom. The third-order valence-corrected chi connectivity index (χ3v) is 6.90. The molecule has 0 radical (unpaired) electrons. The summed E-state index contributed by atoms with van der Waals surface area (Å²) in [6.07, 6.45) is 4.26. The number of allylic oxidation sites excluding steroid dienone is 4. The Morgan fingerprint density at radius 3 is 1.37 bits per heavy atom. The van der Waals surface area contributed by atoms with E-state index in [-0.39, 0.29) is 10.1 Å². The van der Waals surface area contributed by atoms with Crippen LogP contribution in [0.1, 0.15) is 22.3 Å². The van der Waals surface area contributed by atoms with Gasteiger partial charge in [-0.05, 0) is 58.7 Å². The van der Waals surface area contributed by atoms with E-state index in [2.05, 4.69) is 12.1 Å². The molecule has 2 aromatic carbocycles. The fourth-order valence-electron chi connectivity index (χ4n) is 3.98. The normalized spacial score (nSPS) is 22.6. The van der Waals surface area contributed by atoms with Crippen molar-refractivity contribution in [3.8, 4) is 12.1 Å². The van der Waals surface area contributed by atoms with Crippen molar-refractivity contribution in [2.75, 3.05) is 0 Å². The summed E-state index contributed by atoms with van der Waals surface area (Å²) in [5, 5.41) is 19.7. The molecule has 9 heteroatoms. The average molecular weight is 583 g/mol. The molecule has 0 aliphatic heterocycles. The number of rotatable bonds is 4. The maximum Gasteiger partial charge on any atom is 0.156 e. The van der Waals surface area contributed by atoms with Crippen LogP contribution >= 0.6 is 69.6 Å². The summed E-state index contributed by atoms with van der Waals surface area (Å²) in [6.45, 7) is 0. The molecule has 3 nitrogen and oxygen atoms in total. The van der Waals surface area contributed by atoms with Gasteiger partial charge in [-0.2, -0.15) is 10.5 Å². The summed E-state index contributed by atoms with van der Waals surface area (Å²) in [6, 6.07) is 18.2. The summed E-state index contributed by atoms with van der Waals surface area (Å²) in [4.78, 5) is 0. The molecule has 2 unspecified atom stereocenters. The van der Waals surface area contributed by atoms with Crippen LogP contribution in [0.25, 0.3) is 11.1 Å². The molecule has 35 heavy (non-hydrogen) atoms. The van der Waals surface area contributed by atoms with Gasteiger partial charge in [-0.1, -0.05) is 106 Å². The molecule has 0 bridgehead atoms. The summed E-state index contributed by atoms with van der Waals surface area (Å²) >= 11 is 38.9. The molecule has 4 rings (SSSR count). The van der Waals surface area contributed by atoms with Gasteiger partial charge in [0.25, 0.3) is 0 Å². The average Bonchev–Trinajstić information content (AvgIpc) is 2.80. The van der Waals surface area contributed by atoms with Gasteiger partial charge in [0.1, 0.15) is 12.2 Å². The number of hydrogen-bond donors (Lipinski definition) is 0. The van der Waals surface area contributed by atoms with Crippen LogP contribution in [-0.4, -0.2) is 20.9 Å². The van der Waals surface area contributed by atoms with Crippen molar-refractivity contribution in [3.63, 3.8) is 0 Å². The Morgan fingerprint density at radius 2 is 1.00 bits per heavy atom. The second kappa shape index (κ2) is 10.2. The van der Waals surface area contributed by atoms with Crippen molar-refractivity contribution < 1.29 is 4.74 Å². The Kier molecular flexibility index (Phi) is 7.63. The smallest absolute Gasteiger partial charge is 0.156 e. The fourth-order valence-corrected chi connectivity index (χ4v) is 5.83. The number of hydrogen-bond acceptors (Lipinski definition) is 3. The maximum absolute atomic E-state index is 9.67.